The number of hydrogen-bond donors (Lipinski definition) is 3. The summed E-state index contributed by atoms with van der Waals surface area (Å²) in [6.07, 6.45) is -0.351. The molecule has 1 aromatic rings. The van der Waals surface area contributed by atoms with E-state index in [1.165, 1.54) is 19.1 Å². The molecule has 11 heteroatoms. The second-order valence-corrected chi connectivity index (χ2v) is 6.80. The van der Waals surface area contributed by atoms with Crippen molar-refractivity contribution in [2.75, 3.05) is 6.61 Å². The highest BCUT2D eigenvalue weighted by atomic mass is 35.5. The molecule has 0 radical (unpaired) electrons. The van der Waals surface area contributed by atoms with Gasteiger partial charge in [0.25, 0.3) is 5.91 Å². The van der Waals surface area contributed by atoms with Crippen molar-refractivity contribution in [3.63, 3.8) is 0 Å². The number of carbonyl (C=O) groups excluding carboxylic acids is 3. The Balaban J connectivity index is 2.33. The van der Waals surface area contributed by atoms with Gasteiger partial charge in [0.1, 0.15) is 5.75 Å². The molecule has 0 bridgehead atoms. The first kappa shape index (κ1) is 23.9. The summed E-state index contributed by atoms with van der Waals surface area (Å²) in [6.45, 7) is 3.69. The van der Waals surface area contributed by atoms with E-state index in [-0.39, 0.29) is 23.0 Å². The summed E-state index contributed by atoms with van der Waals surface area (Å²) in [5.74, 6) is -1.21. The van der Waals surface area contributed by atoms with Crippen molar-refractivity contribution in [1.82, 2.24) is 16.2 Å². The highest BCUT2D eigenvalue weighted by Gasteiger charge is 2.17. The summed E-state index contributed by atoms with van der Waals surface area (Å²) in [5.41, 5.74) is 4.68. The van der Waals surface area contributed by atoms with Crippen LogP contribution in [0.5, 0.6) is 5.75 Å². The molecule has 0 spiro atoms. The Hall–Kier alpha value is -2.10. The number of hydrazine groups is 1. The highest BCUT2D eigenvalue weighted by Crippen LogP contribution is 2.28. The minimum absolute atomic E-state index is 0.0620. The number of thiocarbonyl (C=S) groups is 1. The summed E-state index contributed by atoms with van der Waals surface area (Å²) in [7, 11) is 0. The topological polar surface area (TPSA) is 106 Å². The molecule has 8 nitrogen and oxygen atoms in total. The van der Waals surface area contributed by atoms with Crippen LogP contribution in [-0.4, -0.2) is 35.6 Å². The second kappa shape index (κ2) is 12.4. The molecule has 0 aliphatic heterocycles. The Bertz CT molecular complexity index is 733. The van der Waals surface area contributed by atoms with Gasteiger partial charge >= 0.3 is 5.97 Å². The van der Waals surface area contributed by atoms with E-state index in [0.29, 0.717) is 23.8 Å². The molecular formula is C17H21Cl2N3O5S. The number of benzene rings is 1. The zero-order valence-corrected chi connectivity index (χ0v) is 17.7. The average molecular weight is 450 g/mol. The molecule has 0 aliphatic carbocycles. The SMILES string of the molecule is CCCOC(=O)CCC(=O)NC(=S)NNC(=O)C(C)Oc1ccc(Cl)cc1Cl. The third kappa shape index (κ3) is 9.20. The van der Waals surface area contributed by atoms with E-state index < -0.39 is 23.9 Å². The van der Waals surface area contributed by atoms with Crippen LogP contribution in [0.25, 0.3) is 0 Å². The fraction of sp³-hybridized carbons (Fsp3) is 0.412. The molecular weight excluding hydrogens is 429 g/mol. The molecule has 0 fully saturated rings. The van der Waals surface area contributed by atoms with Crippen LogP contribution >= 0.6 is 35.4 Å². The third-order valence-electron chi connectivity index (χ3n) is 3.14. The standard InChI is InChI=1S/C17H21Cl2N3O5S/c1-3-8-26-15(24)7-6-14(23)20-17(28)22-21-16(25)10(2)27-13-5-4-11(18)9-12(13)19/h4-5,9-10H,3,6-8H2,1-2H3,(H,21,25)(H2,20,22,23,28). The van der Waals surface area contributed by atoms with E-state index in [2.05, 4.69) is 16.2 Å². The van der Waals surface area contributed by atoms with Crippen molar-refractivity contribution in [2.24, 2.45) is 0 Å². The van der Waals surface area contributed by atoms with Crippen LogP contribution in [0.1, 0.15) is 33.1 Å². The molecule has 0 saturated carbocycles. The number of hydrogen-bond acceptors (Lipinski definition) is 6. The van der Waals surface area contributed by atoms with Gasteiger partial charge in [-0.25, -0.2) is 0 Å². The van der Waals surface area contributed by atoms with E-state index in [9.17, 15) is 14.4 Å². The molecule has 154 valence electrons. The van der Waals surface area contributed by atoms with E-state index >= 15 is 0 Å². The van der Waals surface area contributed by atoms with Gasteiger partial charge in [0.2, 0.25) is 5.91 Å². The summed E-state index contributed by atoms with van der Waals surface area (Å²) in [5, 5.41) is 2.91. The van der Waals surface area contributed by atoms with Crippen LogP contribution < -0.4 is 20.9 Å². The monoisotopic (exact) mass is 449 g/mol. The van der Waals surface area contributed by atoms with Crippen molar-refractivity contribution in [3.05, 3.63) is 28.2 Å². The first-order valence-corrected chi connectivity index (χ1v) is 9.56. The predicted molar refractivity (Wildman–Crippen MR) is 109 cm³/mol. The lowest BCUT2D eigenvalue weighted by Crippen LogP contribution is -2.51. The van der Waals surface area contributed by atoms with Crippen molar-refractivity contribution in [2.45, 2.75) is 39.2 Å². The van der Waals surface area contributed by atoms with Crippen LogP contribution in [0.3, 0.4) is 0 Å². The van der Waals surface area contributed by atoms with Gasteiger partial charge in [0.05, 0.1) is 18.1 Å². The van der Waals surface area contributed by atoms with Crippen LogP contribution in [-0.2, 0) is 19.1 Å². The lowest BCUT2D eigenvalue weighted by Gasteiger charge is -2.17. The number of carbonyl (C=O) groups is 3. The first-order valence-electron chi connectivity index (χ1n) is 8.40. The van der Waals surface area contributed by atoms with Crippen molar-refractivity contribution in [1.29, 1.82) is 0 Å². The third-order valence-corrected chi connectivity index (χ3v) is 3.88. The molecule has 0 saturated heterocycles. The summed E-state index contributed by atoms with van der Waals surface area (Å²) < 4.78 is 10.3. The summed E-state index contributed by atoms with van der Waals surface area (Å²) in [4.78, 5) is 35.1. The van der Waals surface area contributed by atoms with Crippen LogP contribution in [0.15, 0.2) is 18.2 Å². The predicted octanol–water partition coefficient (Wildman–Crippen LogP) is 2.52. The summed E-state index contributed by atoms with van der Waals surface area (Å²) >= 11 is 16.7. The highest BCUT2D eigenvalue weighted by molar-refractivity contribution is 7.80. The Kier molecular flexibility index (Phi) is 10.6. The Morgan fingerprint density at radius 2 is 1.89 bits per heavy atom. The largest absolute Gasteiger partial charge is 0.479 e. The van der Waals surface area contributed by atoms with Gasteiger partial charge in [0, 0.05) is 11.4 Å². The lowest BCUT2D eigenvalue weighted by molar-refractivity contribution is -0.144. The molecule has 0 aromatic heterocycles. The molecule has 0 heterocycles. The minimum Gasteiger partial charge on any atom is -0.479 e. The van der Waals surface area contributed by atoms with Gasteiger partial charge in [-0.3, -0.25) is 25.2 Å². The molecule has 1 rings (SSSR count). The number of rotatable bonds is 8. The molecule has 3 N–H and O–H groups in total. The Labute approximate surface area is 178 Å². The van der Waals surface area contributed by atoms with E-state index in [1.54, 1.807) is 6.07 Å². The van der Waals surface area contributed by atoms with E-state index in [4.69, 9.17) is 44.9 Å². The Morgan fingerprint density at radius 1 is 1.18 bits per heavy atom. The van der Waals surface area contributed by atoms with Crippen LogP contribution in [0, 0.1) is 0 Å². The lowest BCUT2D eigenvalue weighted by atomic mass is 10.3. The zero-order chi connectivity index (χ0) is 21.1. The second-order valence-electron chi connectivity index (χ2n) is 5.55. The molecule has 1 unspecified atom stereocenters. The summed E-state index contributed by atoms with van der Waals surface area (Å²) in [6, 6.07) is 4.61. The quantitative estimate of drug-likeness (QED) is 0.318. The van der Waals surface area contributed by atoms with Crippen molar-refractivity contribution >= 4 is 58.3 Å². The normalized spacial score (nSPS) is 11.1. The average Bonchev–Trinajstić information content (AvgIpc) is 2.64. The van der Waals surface area contributed by atoms with Crippen LogP contribution in [0.4, 0.5) is 0 Å². The number of amides is 2. The van der Waals surface area contributed by atoms with Gasteiger partial charge in [0.15, 0.2) is 11.2 Å². The maximum atomic E-state index is 12.0. The van der Waals surface area contributed by atoms with Gasteiger partial charge in [-0.2, -0.15) is 0 Å². The van der Waals surface area contributed by atoms with E-state index in [1.807, 2.05) is 6.92 Å². The fourth-order valence-electron chi connectivity index (χ4n) is 1.76. The smallest absolute Gasteiger partial charge is 0.306 e. The number of ether oxygens (including phenoxy) is 2. The first-order chi connectivity index (χ1) is 13.2. The molecule has 2 amide bonds. The molecule has 28 heavy (non-hydrogen) atoms. The minimum atomic E-state index is -0.905. The van der Waals surface area contributed by atoms with Crippen molar-refractivity contribution in [3.8, 4) is 5.75 Å². The van der Waals surface area contributed by atoms with E-state index in [0.717, 1.165) is 0 Å². The number of esters is 1. The van der Waals surface area contributed by atoms with Crippen molar-refractivity contribution < 1.29 is 23.9 Å². The van der Waals surface area contributed by atoms with Gasteiger partial charge in [-0.15, -0.1) is 0 Å². The zero-order valence-electron chi connectivity index (χ0n) is 15.3. The molecule has 0 aliphatic rings. The van der Waals surface area contributed by atoms with Gasteiger partial charge in [-0.05, 0) is 43.8 Å². The molecule has 1 atom stereocenters. The molecule has 1 aromatic carbocycles. The maximum absolute atomic E-state index is 12.0. The van der Waals surface area contributed by atoms with Gasteiger partial charge < -0.3 is 14.8 Å². The van der Waals surface area contributed by atoms with Gasteiger partial charge in [-0.1, -0.05) is 30.1 Å². The number of halogens is 2. The van der Waals surface area contributed by atoms with Crippen LogP contribution in [0.2, 0.25) is 10.0 Å². The number of nitrogens with one attached hydrogen (secondary N) is 3. The maximum Gasteiger partial charge on any atom is 0.306 e. The fourth-order valence-corrected chi connectivity index (χ4v) is 2.38. The Morgan fingerprint density at radius 3 is 2.54 bits per heavy atom.